The number of hydrogen-bond donors (Lipinski definition) is 2. The summed E-state index contributed by atoms with van der Waals surface area (Å²) < 4.78 is 52.5. The van der Waals surface area contributed by atoms with E-state index in [-0.39, 0.29) is 12.0 Å². The normalized spacial score (nSPS) is 16.6. The summed E-state index contributed by atoms with van der Waals surface area (Å²) in [7, 11) is 0. The Balaban J connectivity index is 0.000000917. The molecular weight excluding hydrogens is 460 g/mol. The van der Waals surface area contributed by atoms with Crippen molar-refractivity contribution >= 4 is 17.6 Å². The van der Waals surface area contributed by atoms with Crippen molar-refractivity contribution in [2.24, 2.45) is 5.73 Å². The first-order valence-electron chi connectivity index (χ1n) is 10.4. The number of alkyl halides is 3. The highest BCUT2D eigenvalue weighted by Gasteiger charge is 2.37. The summed E-state index contributed by atoms with van der Waals surface area (Å²) in [6.07, 6.45) is 6.56. The lowest BCUT2D eigenvalue weighted by Crippen LogP contribution is -2.30. The van der Waals surface area contributed by atoms with Gasteiger partial charge in [0.1, 0.15) is 12.1 Å². The average Bonchev–Trinajstić information content (AvgIpc) is 3.25. The van der Waals surface area contributed by atoms with Crippen molar-refractivity contribution in [3.8, 4) is 0 Å². The molecule has 0 saturated heterocycles. The van der Waals surface area contributed by atoms with Crippen LogP contribution < -0.4 is 10.6 Å². The van der Waals surface area contributed by atoms with E-state index in [1.807, 2.05) is 34.4 Å². The molecule has 35 heavy (non-hydrogen) atoms. The molecule has 0 spiro atoms. The molecule has 2 aromatic carbocycles. The Morgan fingerprint density at radius 1 is 0.971 bits per heavy atom. The molecule has 0 bridgehead atoms. The summed E-state index contributed by atoms with van der Waals surface area (Å²) in [6, 6.07) is 13.0. The number of nitrogens with one attached hydrogen (secondary N) is 1. The molecule has 2 aliphatic heterocycles. The number of nitrogens with two attached hydrogens (primary N) is 1. The van der Waals surface area contributed by atoms with Crippen molar-refractivity contribution in [3.05, 3.63) is 120 Å². The van der Waals surface area contributed by atoms with Gasteiger partial charge in [0.2, 0.25) is 0 Å². The summed E-state index contributed by atoms with van der Waals surface area (Å²) in [5, 5.41) is 5.86. The van der Waals surface area contributed by atoms with Crippen LogP contribution in [0.15, 0.2) is 97.4 Å². The van der Waals surface area contributed by atoms with Crippen LogP contribution in [0, 0.1) is 11.2 Å². The maximum Gasteiger partial charge on any atom is 0.416 e. The Morgan fingerprint density at radius 2 is 1.66 bits per heavy atom. The fraction of sp³-hybridized carbons (Fsp3) is 0.0800. The number of halogens is 4. The minimum atomic E-state index is -4.39. The Hall–Kier alpha value is -4.47. The largest absolute Gasteiger partial charge is 0.416 e. The van der Waals surface area contributed by atoms with Crippen LogP contribution >= 0.6 is 0 Å². The number of fused-ring (bicyclic) bond motifs is 1. The second-order valence-electron chi connectivity index (χ2n) is 7.48. The number of allylic oxidation sites excluding steroid dienone is 3. The van der Waals surface area contributed by atoms with Gasteiger partial charge in [0.05, 0.1) is 23.3 Å². The Bertz CT molecular complexity index is 1270. The molecule has 0 saturated carbocycles. The van der Waals surface area contributed by atoms with Gasteiger partial charge in [0.15, 0.2) is 6.17 Å². The van der Waals surface area contributed by atoms with E-state index in [9.17, 15) is 17.6 Å². The van der Waals surface area contributed by atoms with Crippen LogP contribution in [0.3, 0.4) is 0 Å². The summed E-state index contributed by atoms with van der Waals surface area (Å²) in [5.41, 5.74) is 7.37. The van der Waals surface area contributed by atoms with Gasteiger partial charge in [-0.15, -0.1) is 0 Å². The van der Waals surface area contributed by atoms with Gasteiger partial charge in [-0.05, 0) is 54.1 Å². The number of rotatable bonds is 3. The first kappa shape index (κ1) is 23.7. The zero-order chi connectivity index (χ0) is 25.0. The zero-order valence-electron chi connectivity index (χ0n) is 18.2. The number of nitrogens with zero attached hydrogens (tertiary/aromatic N) is 4. The van der Waals surface area contributed by atoms with Crippen LogP contribution in [0.2, 0.25) is 0 Å². The highest BCUT2D eigenvalue weighted by Crippen LogP contribution is 2.44. The number of hydrogen-bond acceptors (Lipinski definition) is 5. The van der Waals surface area contributed by atoms with E-state index in [1.54, 1.807) is 24.4 Å². The molecule has 0 radical (unpaired) electrons. The maximum absolute atomic E-state index is 13.5. The van der Waals surface area contributed by atoms with Gasteiger partial charge in [0, 0.05) is 29.9 Å². The van der Waals surface area contributed by atoms with E-state index in [0.29, 0.717) is 11.3 Å². The van der Waals surface area contributed by atoms with Crippen LogP contribution in [-0.2, 0) is 6.18 Å². The Labute approximate surface area is 198 Å². The Morgan fingerprint density at radius 3 is 2.26 bits per heavy atom. The average molecular weight is 480 g/mol. The lowest BCUT2D eigenvalue weighted by molar-refractivity contribution is -0.137. The number of aromatic nitrogens is 2. The molecule has 3 heterocycles. The predicted octanol–water partition coefficient (Wildman–Crippen LogP) is 5.46. The Kier molecular flexibility index (Phi) is 6.63. The number of anilines is 1. The van der Waals surface area contributed by atoms with Crippen molar-refractivity contribution in [1.82, 2.24) is 14.9 Å². The topological polar surface area (TPSA) is 82.1 Å². The molecule has 178 valence electrons. The van der Waals surface area contributed by atoms with Crippen LogP contribution in [0.5, 0.6) is 0 Å². The standard InChI is InChI=1S/C24H16F4N4.CH4N2/c25-18-7-9-19(10-8-18)32-14-22-20(16-3-5-17(6-4-16)24(26,27)28)2-1-13-31(22)23(32)21-11-12-29-15-30-21;2-1-3/h1-15,23H;1H,(H3,2,3). The SMILES string of the molecule is Fc1ccc(N2C=C3C(c4ccc(C(F)(F)F)cc4)=CC=CN3C2c2ccncn2)cc1.N=CN. The minimum Gasteiger partial charge on any atom is -0.390 e. The maximum atomic E-state index is 13.5. The molecule has 0 aliphatic carbocycles. The van der Waals surface area contributed by atoms with Gasteiger partial charge in [-0.25, -0.2) is 14.4 Å². The van der Waals surface area contributed by atoms with Gasteiger partial charge in [0.25, 0.3) is 0 Å². The molecule has 1 aromatic heterocycles. The second-order valence-corrected chi connectivity index (χ2v) is 7.48. The van der Waals surface area contributed by atoms with Crippen molar-refractivity contribution in [1.29, 1.82) is 5.41 Å². The van der Waals surface area contributed by atoms with Crippen LogP contribution in [-0.4, -0.2) is 21.2 Å². The first-order valence-corrected chi connectivity index (χ1v) is 10.4. The van der Waals surface area contributed by atoms with Crippen molar-refractivity contribution in [2.75, 3.05) is 4.90 Å². The molecule has 3 aromatic rings. The summed E-state index contributed by atoms with van der Waals surface area (Å²) in [4.78, 5) is 12.3. The van der Waals surface area contributed by atoms with Crippen molar-refractivity contribution in [3.63, 3.8) is 0 Å². The number of benzene rings is 2. The first-order chi connectivity index (χ1) is 16.8. The summed E-state index contributed by atoms with van der Waals surface area (Å²) >= 11 is 0. The van der Waals surface area contributed by atoms with E-state index in [1.165, 1.54) is 30.6 Å². The van der Waals surface area contributed by atoms with Gasteiger partial charge in [-0.1, -0.05) is 18.2 Å². The van der Waals surface area contributed by atoms with Gasteiger partial charge >= 0.3 is 6.18 Å². The predicted molar refractivity (Wildman–Crippen MR) is 125 cm³/mol. The zero-order valence-corrected chi connectivity index (χ0v) is 18.2. The van der Waals surface area contributed by atoms with E-state index in [2.05, 4.69) is 15.7 Å². The van der Waals surface area contributed by atoms with Crippen LogP contribution in [0.1, 0.15) is 23.0 Å². The smallest absolute Gasteiger partial charge is 0.390 e. The fourth-order valence-electron chi connectivity index (χ4n) is 3.87. The van der Waals surface area contributed by atoms with Crippen molar-refractivity contribution < 1.29 is 17.6 Å². The molecule has 0 fully saturated rings. The molecular formula is C25H20F4N6. The molecule has 1 unspecified atom stereocenters. The highest BCUT2D eigenvalue weighted by molar-refractivity contribution is 5.83. The molecule has 10 heteroatoms. The molecule has 3 N–H and O–H groups in total. The lowest BCUT2D eigenvalue weighted by Gasteiger charge is -2.33. The van der Waals surface area contributed by atoms with Gasteiger partial charge < -0.3 is 15.5 Å². The van der Waals surface area contributed by atoms with Gasteiger partial charge in [-0.2, -0.15) is 13.2 Å². The second kappa shape index (κ2) is 9.80. The van der Waals surface area contributed by atoms with Crippen molar-refractivity contribution in [2.45, 2.75) is 12.3 Å². The monoisotopic (exact) mass is 480 g/mol. The third-order valence-electron chi connectivity index (χ3n) is 5.37. The van der Waals surface area contributed by atoms with E-state index < -0.39 is 11.7 Å². The fourth-order valence-corrected chi connectivity index (χ4v) is 3.87. The molecule has 5 rings (SSSR count). The quantitative estimate of drug-likeness (QED) is 0.296. The van der Waals surface area contributed by atoms with E-state index >= 15 is 0 Å². The molecule has 0 amide bonds. The lowest BCUT2D eigenvalue weighted by atomic mass is 9.99. The summed E-state index contributed by atoms with van der Waals surface area (Å²) in [6.45, 7) is 0. The minimum absolute atomic E-state index is 0.345. The van der Waals surface area contributed by atoms with Crippen LogP contribution in [0.25, 0.3) is 5.57 Å². The van der Waals surface area contributed by atoms with E-state index in [4.69, 9.17) is 5.41 Å². The molecule has 1 atom stereocenters. The molecule has 6 nitrogen and oxygen atoms in total. The third kappa shape index (κ3) is 4.91. The third-order valence-corrected chi connectivity index (χ3v) is 5.37. The molecule has 2 aliphatic rings. The van der Waals surface area contributed by atoms with Crippen LogP contribution in [0.4, 0.5) is 23.2 Å². The summed E-state index contributed by atoms with van der Waals surface area (Å²) in [5.74, 6) is -0.345. The highest BCUT2D eigenvalue weighted by atomic mass is 19.4. The van der Waals surface area contributed by atoms with E-state index in [0.717, 1.165) is 35.4 Å². The van der Waals surface area contributed by atoms with Gasteiger partial charge in [-0.3, -0.25) is 5.41 Å².